The van der Waals surface area contributed by atoms with Gasteiger partial charge in [0.25, 0.3) is 5.91 Å². The Hall–Kier alpha value is -3.19. The maximum atomic E-state index is 12.6. The standard InChI is InChI=1S/C19H16ClN5O3S/c20-15-5-8-18(25-12-2-10-22-25)17(13-15)24-19(26)14-3-6-16(7-4-14)29(27,28)23-11-1-9-21/h2-8,10,12-13,23H,1,11H2,(H,24,26). The molecule has 0 bridgehead atoms. The molecule has 0 aliphatic rings. The molecule has 3 rings (SSSR count). The predicted octanol–water partition coefficient (Wildman–Crippen LogP) is 2.97. The maximum absolute atomic E-state index is 12.6. The number of sulfonamides is 1. The van der Waals surface area contributed by atoms with E-state index in [1.54, 1.807) is 41.3 Å². The molecule has 0 spiro atoms. The van der Waals surface area contributed by atoms with E-state index in [1.165, 1.54) is 24.3 Å². The fourth-order valence-corrected chi connectivity index (χ4v) is 3.73. The largest absolute Gasteiger partial charge is 0.320 e. The number of nitrogens with one attached hydrogen (secondary N) is 2. The predicted molar refractivity (Wildman–Crippen MR) is 108 cm³/mol. The third-order valence-corrected chi connectivity index (χ3v) is 5.63. The Bertz CT molecular complexity index is 1150. The Morgan fingerprint density at radius 2 is 1.97 bits per heavy atom. The van der Waals surface area contributed by atoms with Crippen molar-refractivity contribution in [3.63, 3.8) is 0 Å². The zero-order valence-electron chi connectivity index (χ0n) is 15.0. The van der Waals surface area contributed by atoms with Gasteiger partial charge in [0.15, 0.2) is 0 Å². The normalized spacial score (nSPS) is 11.0. The fourth-order valence-electron chi connectivity index (χ4n) is 2.52. The average molecular weight is 430 g/mol. The summed E-state index contributed by atoms with van der Waals surface area (Å²) in [5.41, 5.74) is 1.36. The van der Waals surface area contributed by atoms with Crippen LogP contribution in [0.1, 0.15) is 16.8 Å². The Labute approximate surface area is 172 Å². The first kappa shape index (κ1) is 20.5. The molecule has 148 valence electrons. The first-order valence-corrected chi connectivity index (χ1v) is 10.3. The number of hydrogen-bond donors (Lipinski definition) is 2. The SMILES string of the molecule is N#CCCNS(=O)(=O)c1ccc(C(=O)Nc2cc(Cl)ccc2-n2cccn2)cc1. The van der Waals surface area contributed by atoms with Crippen LogP contribution in [0.2, 0.25) is 5.02 Å². The van der Waals surface area contributed by atoms with Crippen molar-refractivity contribution in [1.29, 1.82) is 5.26 Å². The average Bonchev–Trinajstić information content (AvgIpc) is 3.23. The van der Waals surface area contributed by atoms with Crippen molar-refractivity contribution in [2.45, 2.75) is 11.3 Å². The van der Waals surface area contributed by atoms with E-state index in [1.807, 2.05) is 6.07 Å². The highest BCUT2D eigenvalue weighted by Gasteiger charge is 2.16. The number of benzene rings is 2. The number of amides is 1. The highest BCUT2D eigenvalue weighted by molar-refractivity contribution is 7.89. The lowest BCUT2D eigenvalue weighted by atomic mass is 10.2. The molecule has 0 unspecified atom stereocenters. The van der Waals surface area contributed by atoms with Crippen molar-refractivity contribution < 1.29 is 13.2 Å². The molecule has 2 aromatic carbocycles. The highest BCUT2D eigenvalue weighted by atomic mass is 35.5. The minimum Gasteiger partial charge on any atom is -0.320 e. The van der Waals surface area contributed by atoms with Crippen LogP contribution in [-0.2, 0) is 10.0 Å². The van der Waals surface area contributed by atoms with Crippen LogP contribution in [0.4, 0.5) is 5.69 Å². The third kappa shape index (κ3) is 5.00. The van der Waals surface area contributed by atoms with Gasteiger partial charge in [-0.25, -0.2) is 17.8 Å². The molecule has 0 aliphatic heterocycles. The van der Waals surface area contributed by atoms with E-state index >= 15 is 0 Å². The number of carbonyl (C=O) groups excluding carboxylic acids is 1. The minimum absolute atomic E-state index is 0.00646. The van der Waals surface area contributed by atoms with Crippen LogP contribution in [0.15, 0.2) is 65.8 Å². The molecule has 2 N–H and O–H groups in total. The summed E-state index contributed by atoms with van der Waals surface area (Å²) >= 11 is 6.06. The van der Waals surface area contributed by atoms with Crippen molar-refractivity contribution in [3.05, 3.63) is 71.5 Å². The lowest BCUT2D eigenvalue weighted by molar-refractivity contribution is 0.102. The van der Waals surface area contributed by atoms with Gasteiger partial charge >= 0.3 is 0 Å². The van der Waals surface area contributed by atoms with Gasteiger partial charge in [0, 0.05) is 35.9 Å². The monoisotopic (exact) mass is 429 g/mol. The maximum Gasteiger partial charge on any atom is 0.255 e. The first-order chi connectivity index (χ1) is 13.9. The second-order valence-electron chi connectivity index (χ2n) is 5.90. The molecule has 0 saturated heterocycles. The first-order valence-electron chi connectivity index (χ1n) is 8.48. The number of halogens is 1. The van der Waals surface area contributed by atoms with Gasteiger partial charge in [-0.3, -0.25) is 4.79 Å². The number of nitriles is 1. The number of rotatable bonds is 7. The molecule has 0 aliphatic carbocycles. The zero-order valence-corrected chi connectivity index (χ0v) is 16.6. The number of carbonyl (C=O) groups is 1. The van der Waals surface area contributed by atoms with Crippen LogP contribution < -0.4 is 10.0 Å². The second kappa shape index (κ2) is 8.87. The van der Waals surface area contributed by atoms with Crippen molar-refractivity contribution >= 4 is 33.2 Å². The molecule has 1 aromatic heterocycles. The summed E-state index contributed by atoms with van der Waals surface area (Å²) in [6.07, 6.45) is 3.42. The van der Waals surface area contributed by atoms with E-state index in [0.717, 1.165) is 0 Å². The van der Waals surface area contributed by atoms with E-state index < -0.39 is 15.9 Å². The molecule has 10 heteroatoms. The summed E-state index contributed by atoms with van der Waals surface area (Å²) in [7, 11) is -3.74. The van der Waals surface area contributed by atoms with Crippen molar-refractivity contribution in [2.75, 3.05) is 11.9 Å². The fraction of sp³-hybridized carbons (Fsp3) is 0.105. The van der Waals surface area contributed by atoms with Crippen molar-refractivity contribution in [1.82, 2.24) is 14.5 Å². The van der Waals surface area contributed by atoms with Crippen molar-refractivity contribution in [3.8, 4) is 11.8 Å². The Kier molecular flexibility index (Phi) is 6.29. The summed E-state index contributed by atoms with van der Waals surface area (Å²) < 4.78 is 28.2. The molecule has 8 nitrogen and oxygen atoms in total. The summed E-state index contributed by atoms with van der Waals surface area (Å²) in [6, 6.07) is 14.1. The molecule has 1 amide bonds. The van der Waals surface area contributed by atoms with Crippen molar-refractivity contribution in [2.24, 2.45) is 0 Å². The lowest BCUT2D eigenvalue weighted by Crippen LogP contribution is -2.24. The number of nitrogens with zero attached hydrogens (tertiary/aromatic N) is 3. The van der Waals surface area contributed by atoms with Gasteiger partial charge in [-0.2, -0.15) is 10.4 Å². The Balaban J connectivity index is 1.79. The molecule has 1 heterocycles. The molecular weight excluding hydrogens is 414 g/mol. The van der Waals surface area contributed by atoms with Crippen LogP contribution >= 0.6 is 11.6 Å². The van der Waals surface area contributed by atoms with Gasteiger partial charge in [0.05, 0.1) is 22.3 Å². The quantitative estimate of drug-likeness (QED) is 0.560. The summed E-state index contributed by atoms with van der Waals surface area (Å²) in [4.78, 5) is 12.6. The molecule has 0 fully saturated rings. The van der Waals surface area contributed by atoms with Gasteiger partial charge < -0.3 is 5.32 Å². The van der Waals surface area contributed by atoms with E-state index in [2.05, 4.69) is 15.1 Å². The van der Waals surface area contributed by atoms with E-state index in [4.69, 9.17) is 16.9 Å². The third-order valence-electron chi connectivity index (χ3n) is 3.91. The molecule has 3 aromatic rings. The van der Waals surface area contributed by atoms with Gasteiger partial charge in [-0.1, -0.05) is 11.6 Å². The topological polar surface area (TPSA) is 117 Å². The second-order valence-corrected chi connectivity index (χ2v) is 8.10. The van der Waals surface area contributed by atoms with Gasteiger partial charge in [-0.15, -0.1) is 0 Å². The van der Waals surface area contributed by atoms with Crippen LogP contribution in [0.5, 0.6) is 0 Å². The number of hydrogen-bond acceptors (Lipinski definition) is 5. The van der Waals surface area contributed by atoms with E-state index in [9.17, 15) is 13.2 Å². The molecule has 29 heavy (non-hydrogen) atoms. The molecule has 0 radical (unpaired) electrons. The number of aromatic nitrogens is 2. The Morgan fingerprint density at radius 1 is 1.21 bits per heavy atom. The van der Waals surface area contributed by atoms with Crippen LogP contribution in [0, 0.1) is 11.3 Å². The Morgan fingerprint density at radius 3 is 2.62 bits per heavy atom. The summed E-state index contributed by atoms with van der Waals surface area (Å²) in [6.45, 7) is 0.0199. The van der Waals surface area contributed by atoms with Gasteiger partial charge in [0.2, 0.25) is 10.0 Å². The minimum atomic E-state index is -3.74. The molecule has 0 atom stereocenters. The van der Waals surface area contributed by atoms with E-state index in [-0.39, 0.29) is 23.4 Å². The smallest absolute Gasteiger partial charge is 0.255 e. The van der Waals surface area contributed by atoms with Gasteiger partial charge in [0.1, 0.15) is 0 Å². The van der Waals surface area contributed by atoms with Crippen LogP contribution in [0.3, 0.4) is 0 Å². The molecular formula is C19H16ClN5O3S. The highest BCUT2D eigenvalue weighted by Crippen LogP contribution is 2.25. The number of anilines is 1. The van der Waals surface area contributed by atoms with Gasteiger partial charge in [-0.05, 0) is 48.5 Å². The van der Waals surface area contributed by atoms with E-state index in [0.29, 0.717) is 16.4 Å². The van der Waals surface area contributed by atoms with Crippen LogP contribution in [0.25, 0.3) is 5.69 Å². The zero-order chi connectivity index (χ0) is 20.9. The molecule has 0 saturated carbocycles. The summed E-state index contributed by atoms with van der Waals surface area (Å²) in [5, 5.41) is 15.9. The lowest BCUT2D eigenvalue weighted by Gasteiger charge is -2.12. The van der Waals surface area contributed by atoms with Crippen LogP contribution in [-0.4, -0.2) is 30.7 Å². The summed E-state index contributed by atoms with van der Waals surface area (Å²) in [5.74, 6) is -0.429.